The number of carbonyl (C=O) groups is 2. The highest BCUT2D eigenvalue weighted by atomic mass is 19.1. The average molecular weight is 421 g/mol. The van der Waals surface area contributed by atoms with Gasteiger partial charge in [0, 0.05) is 31.1 Å². The summed E-state index contributed by atoms with van der Waals surface area (Å²) in [7, 11) is 0. The molecule has 5 rings (SSSR count). The highest BCUT2D eigenvalue weighted by Crippen LogP contribution is 2.54. The number of piperidine rings is 1. The topological polar surface area (TPSA) is 40.6 Å². The van der Waals surface area contributed by atoms with Gasteiger partial charge in [-0.15, -0.1) is 0 Å². The summed E-state index contributed by atoms with van der Waals surface area (Å²) in [6.07, 6.45) is 6.23. The molecular formula is C26H29FN2O2. The van der Waals surface area contributed by atoms with Gasteiger partial charge in [-0.1, -0.05) is 43.2 Å². The van der Waals surface area contributed by atoms with Crippen LogP contribution in [0.2, 0.25) is 0 Å². The molecule has 2 amide bonds. The molecule has 0 spiro atoms. The van der Waals surface area contributed by atoms with E-state index in [9.17, 15) is 14.0 Å². The SMILES string of the molecule is O=C(c1ccc(F)cc1)N1CCC[C@H](C(=O)N2C[C@H]3CCCC[C@@]32c2ccccc2)C1. The van der Waals surface area contributed by atoms with E-state index in [1.54, 1.807) is 4.90 Å². The summed E-state index contributed by atoms with van der Waals surface area (Å²) in [4.78, 5) is 30.5. The molecule has 2 aromatic carbocycles. The van der Waals surface area contributed by atoms with E-state index in [0.29, 0.717) is 24.6 Å². The molecule has 5 heteroatoms. The van der Waals surface area contributed by atoms with Crippen molar-refractivity contribution in [3.8, 4) is 0 Å². The van der Waals surface area contributed by atoms with Crippen LogP contribution >= 0.6 is 0 Å². The largest absolute Gasteiger partial charge is 0.338 e. The molecule has 3 fully saturated rings. The monoisotopic (exact) mass is 420 g/mol. The smallest absolute Gasteiger partial charge is 0.253 e. The van der Waals surface area contributed by atoms with E-state index in [1.165, 1.54) is 42.7 Å². The van der Waals surface area contributed by atoms with Crippen molar-refractivity contribution in [1.29, 1.82) is 0 Å². The lowest BCUT2D eigenvalue weighted by Crippen LogP contribution is -2.69. The van der Waals surface area contributed by atoms with Crippen molar-refractivity contribution in [2.45, 2.75) is 44.1 Å². The number of fused-ring (bicyclic) bond motifs is 1. The number of benzene rings is 2. The van der Waals surface area contributed by atoms with Gasteiger partial charge in [-0.2, -0.15) is 0 Å². The Morgan fingerprint density at radius 1 is 0.903 bits per heavy atom. The second-order valence-corrected chi connectivity index (χ2v) is 9.28. The van der Waals surface area contributed by atoms with Crippen LogP contribution in [-0.4, -0.2) is 41.2 Å². The first-order chi connectivity index (χ1) is 15.1. The van der Waals surface area contributed by atoms with Crippen LogP contribution in [0.5, 0.6) is 0 Å². The van der Waals surface area contributed by atoms with Gasteiger partial charge in [0.1, 0.15) is 5.82 Å². The summed E-state index contributed by atoms with van der Waals surface area (Å²) in [5, 5.41) is 0. The summed E-state index contributed by atoms with van der Waals surface area (Å²) < 4.78 is 13.2. The molecule has 1 saturated carbocycles. The first kappa shape index (κ1) is 20.2. The Morgan fingerprint density at radius 2 is 1.68 bits per heavy atom. The van der Waals surface area contributed by atoms with Crippen LogP contribution in [-0.2, 0) is 10.3 Å². The van der Waals surface area contributed by atoms with Crippen molar-refractivity contribution in [3.05, 3.63) is 71.5 Å². The molecule has 2 aromatic rings. The minimum Gasteiger partial charge on any atom is -0.338 e. The highest BCUT2D eigenvalue weighted by molar-refractivity contribution is 5.94. The normalized spacial score (nSPS) is 27.9. The van der Waals surface area contributed by atoms with Gasteiger partial charge in [-0.05, 0) is 55.5 Å². The number of nitrogens with zero attached hydrogens (tertiary/aromatic N) is 2. The van der Waals surface area contributed by atoms with Gasteiger partial charge in [0.2, 0.25) is 5.91 Å². The molecule has 0 radical (unpaired) electrons. The Bertz CT molecular complexity index is 961. The second kappa shape index (κ2) is 8.10. The first-order valence-corrected chi connectivity index (χ1v) is 11.5. The fraction of sp³-hybridized carbons (Fsp3) is 0.462. The quantitative estimate of drug-likeness (QED) is 0.728. The molecular weight excluding hydrogens is 391 g/mol. The van der Waals surface area contributed by atoms with Gasteiger partial charge < -0.3 is 9.80 Å². The second-order valence-electron chi connectivity index (χ2n) is 9.28. The zero-order chi connectivity index (χ0) is 21.4. The molecule has 162 valence electrons. The van der Waals surface area contributed by atoms with Gasteiger partial charge in [0.25, 0.3) is 5.91 Å². The van der Waals surface area contributed by atoms with Crippen LogP contribution in [0.4, 0.5) is 4.39 Å². The Kier molecular flexibility index (Phi) is 5.28. The summed E-state index contributed by atoms with van der Waals surface area (Å²) in [5.41, 5.74) is 1.57. The lowest BCUT2D eigenvalue weighted by atomic mass is 9.61. The summed E-state index contributed by atoms with van der Waals surface area (Å²) in [5.74, 6) is 0.0945. The molecule has 2 heterocycles. The molecule has 0 aromatic heterocycles. The predicted molar refractivity (Wildman–Crippen MR) is 117 cm³/mol. The van der Waals surface area contributed by atoms with Gasteiger partial charge >= 0.3 is 0 Å². The fourth-order valence-corrected chi connectivity index (χ4v) is 6.00. The maximum atomic E-state index is 13.7. The highest BCUT2D eigenvalue weighted by Gasteiger charge is 2.57. The van der Waals surface area contributed by atoms with Crippen LogP contribution in [0.3, 0.4) is 0 Å². The number of hydrogen-bond donors (Lipinski definition) is 0. The molecule has 3 atom stereocenters. The molecule has 0 bridgehead atoms. The standard InChI is InChI=1S/C26H29FN2O2/c27-23-13-11-19(12-14-23)24(30)28-16-6-7-20(17-28)25(31)29-18-22-10-4-5-15-26(22,29)21-8-2-1-3-9-21/h1-3,8-9,11-14,20,22H,4-7,10,15-18H2/t20-,22+,26+/m0/s1. The third kappa shape index (κ3) is 3.44. The summed E-state index contributed by atoms with van der Waals surface area (Å²) in [6, 6.07) is 16.2. The van der Waals surface area contributed by atoms with Crippen molar-refractivity contribution < 1.29 is 14.0 Å². The van der Waals surface area contributed by atoms with Crippen LogP contribution < -0.4 is 0 Å². The lowest BCUT2D eigenvalue weighted by Gasteiger charge is -2.62. The Hall–Kier alpha value is -2.69. The van der Waals surface area contributed by atoms with Gasteiger partial charge in [0.05, 0.1) is 11.5 Å². The molecule has 31 heavy (non-hydrogen) atoms. The maximum Gasteiger partial charge on any atom is 0.253 e. The van der Waals surface area contributed by atoms with E-state index in [4.69, 9.17) is 0 Å². The van der Waals surface area contributed by atoms with Crippen molar-refractivity contribution in [3.63, 3.8) is 0 Å². The van der Waals surface area contributed by atoms with Crippen molar-refractivity contribution in [1.82, 2.24) is 9.80 Å². The third-order valence-electron chi connectivity index (χ3n) is 7.61. The lowest BCUT2D eigenvalue weighted by molar-refractivity contribution is -0.172. The van der Waals surface area contributed by atoms with Gasteiger partial charge in [-0.25, -0.2) is 4.39 Å². The molecule has 2 saturated heterocycles. The molecule has 2 aliphatic heterocycles. The van der Waals surface area contributed by atoms with E-state index < -0.39 is 0 Å². The van der Waals surface area contributed by atoms with Crippen molar-refractivity contribution in [2.24, 2.45) is 11.8 Å². The van der Waals surface area contributed by atoms with Crippen LogP contribution in [0, 0.1) is 17.7 Å². The number of hydrogen-bond acceptors (Lipinski definition) is 2. The van der Waals surface area contributed by atoms with Crippen LogP contribution in [0.1, 0.15) is 54.4 Å². The summed E-state index contributed by atoms with van der Waals surface area (Å²) >= 11 is 0. The minimum atomic E-state index is -0.353. The third-order valence-corrected chi connectivity index (χ3v) is 7.61. The predicted octanol–water partition coefficient (Wildman–Crippen LogP) is 4.61. The zero-order valence-corrected chi connectivity index (χ0v) is 17.8. The Labute approximate surface area is 183 Å². The number of likely N-dealkylation sites (tertiary alicyclic amines) is 2. The summed E-state index contributed by atoms with van der Waals surface area (Å²) in [6.45, 7) is 1.92. The zero-order valence-electron chi connectivity index (χ0n) is 17.8. The van der Waals surface area contributed by atoms with Gasteiger partial charge in [0.15, 0.2) is 0 Å². The maximum absolute atomic E-state index is 13.7. The molecule has 0 N–H and O–H groups in total. The number of rotatable bonds is 3. The van der Waals surface area contributed by atoms with Crippen molar-refractivity contribution >= 4 is 11.8 Å². The minimum absolute atomic E-state index is 0.116. The Balaban J connectivity index is 1.35. The molecule has 4 nitrogen and oxygen atoms in total. The average Bonchev–Trinajstić information content (AvgIpc) is 2.80. The number of halogens is 1. The molecule has 1 aliphatic carbocycles. The van der Waals surface area contributed by atoms with Crippen LogP contribution in [0.15, 0.2) is 54.6 Å². The van der Waals surface area contributed by atoms with Gasteiger partial charge in [-0.3, -0.25) is 9.59 Å². The van der Waals surface area contributed by atoms with Crippen molar-refractivity contribution in [2.75, 3.05) is 19.6 Å². The van der Waals surface area contributed by atoms with E-state index in [2.05, 4.69) is 29.2 Å². The first-order valence-electron chi connectivity index (χ1n) is 11.5. The Morgan fingerprint density at radius 3 is 2.42 bits per heavy atom. The van der Waals surface area contributed by atoms with E-state index in [-0.39, 0.29) is 29.1 Å². The van der Waals surface area contributed by atoms with Crippen LogP contribution in [0.25, 0.3) is 0 Å². The number of amides is 2. The number of carbonyl (C=O) groups excluding carboxylic acids is 2. The van der Waals surface area contributed by atoms with E-state index in [1.807, 2.05) is 6.07 Å². The van der Waals surface area contributed by atoms with E-state index >= 15 is 0 Å². The van der Waals surface area contributed by atoms with E-state index in [0.717, 1.165) is 32.2 Å². The fourth-order valence-electron chi connectivity index (χ4n) is 6.00. The molecule has 0 unspecified atom stereocenters. The molecule has 3 aliphatic rings.